The number of rotatable bonds is 7. The number of anilines is 2. The lowest BCUT2D eigenvalue weighted by Gasteiger charge is -2.27. The number of hydrogen-bond donors (Lipinski definition) is 2. The molecule has 2 aromatic carbocycles. The van der Waals surface area contributed by atoms with Gasteiger partial charge < -0.3 is 15.5 Å². The molecule has 0 radical (unpaired) electrons. The molecule has 3 amide bonds. The van der Waals surface area contributed by atoms with Gasteiger partial charge in [-0.2, -0.15) is 0 Å². The molecule has 3 rings (SSSR count). The highest BCUT2D eigenvalue weighted by molar-refractivity contribution is 8.01. The number of nitrogens with one attached hydrogen (secondary N) is 2. The molecule has 2 N–H and O–H groups in total. The lowest BCUT2D eigenvalue weighted by atomic mass is 10.1. The van der Waals surface area contributed by atoms with E-state index in [0.29, 0.717) is 11.3 Å². The van der Waals surface area contributed by atoms with E-state index in [1.807, 2.05) is 36.1 Å². The van der Waals surface area contributed by atoms with Crippen molar-refractivity contribution in [2.45, 2.75) is 38.4 Å². The van der Waals surface area contributed by atoms with E-state index < -0.39 is 5.25 Å². The highest BCUT2D eigenvalue weighted by atomic mass is 32.2. The summed E-state index contributed by atoms with van der Waals surface area (Å²) in [7, 11) is 0. The van der Waals surface area contributed by atoms with Gasteiger partial charge in [-0.15, -0.1) is 11.8 Å². The number of piperidine rings is 1. The maximum absolute atomic E-state index is 12.9. The van der Waals surface area contributed by atoms with Crippen molar-refractivity contribution < 1.29 is 14.4 Å². The monoisotopic (exact) mass is 439 g/mol. The molecule has 1 fully saturated rings. The molecule has 1 unspecified atom stereocenters. The third-order valence-corrected chi connectivity index (χ3v) is 6.37. The Kier molecular flexibility index (Phi) is 8.12. The smallest absolute Gasteiger partial charge is 0.255 e. The second kappa shape index (κ2) is 11.0. The number of nitrogens with zero attached hydrogens (tertiary/aromatic N) is 1. The van der Waals surface area contributed by atoms with E-state index in [4.69, 9.17) is 0 Å². The molecule has 2 aromatic rings. The molecule has 0 bridgehead atoms. The average Bonchev–Trinajstić information content (AvgIpc) is 2.79. The van der Waals surface area contributed by atoms with Crippen molar-refractivity contribution in [1.29, 1.82) is 0 Å². The van der Waals surface area contributed by atoms with Crippen LogP contribution >= 0.6 is 11.8 Å². The molecule has 1 saturated heterocycles. The normalized spacial score (nSPS) is 14.6. The van der Waals surface area contributed by atoms with Crippen molar-refractivity contribution in [2.24, 2.45) is 0 Å². The Morgan fingerprint density at radius 3 is 2.35 bits per heavy atom. The van der Waals surface area contributed by atoms with Gasteiger partial charge in [-0.05, 0) is 57.4 Å². The molecule has 0 aliphatic carbocycles. The van der Waals surface area contributed by atoms with Crippen LogP contribution in [-0.2, 0) is 9.59 Å². The highest BCUT2D eigenvalue weighted by Crippen LogP contribution is 2.22. The van der Waals surface area contributed by atoms with Crippen LogP contribution in [0.2, 0.25) is 0 Å². The van der Waals surface area contributed by atoms with Crippen LogP contribution in [0, 0.1) is 6.92 Å². The fourth-order valence-electron chi connectivity index (χ4n) is 3.39. The van der Waals surface area contributed by atoms with Crippen molar-refractivity contribution in [3.8, 4) is 0 Å². The van der Waals surface area contributed by atoms with Crippen LogP contribution < -0.4 is 10.6 Å². The van der Waals surface area contributed by atoms with Crippen molar-refractivity contribution in [3.63, 3.8) is 0 Å². The summed E-state index contributed by atoms with van der Waals surface area (Å²) < 4.78 is 0. The summed E-state index contributed by atoms with van der Waals surface area (Å²) in [5, 5.41) is 5.26. The SMILES string of the molecule is Cc1ccc(NC(=O)CSC(C)C(=O)Nc2ccccc2C(=O)N2CCCCC2)cc1. The highest BCUT2D eigenvalue weighted by Gasteiger charge is 2.22. The predicted octanol–water partition coefficient (Wildman–Crippen LogP) is 4.32. The van der Waals surface area contributed by atoms with Crippen LogP contribution in [0.1, 0.15) is 42.1 Å². The van der Waals surface area contributed by atoms with Gasteiger partial charge >= 0.3 is 0 Å². The molecule has 0 aromatic heterocycles. The van der Waals surface area contributed by atoms with Crippen molar-refractivity contribution >= 4 is 40.9 Å². The van der Waals surface area contributed by atoms with Crippen LogP contribution in [0.15, 0.2) is 48.5 Å². The first-order valence-corrected chi connectivity index (χ1v) is 11.7. The summed E-state index contributed by atoms with van der Waals surface area (Å²) in [6.07, 6.45) is 3.17. The Morgan fingerprint density at radius 2 is 1.65 bits per heavy atom. The zero-order chi connectivity index (χ0) is 22.2. The van der Waals surface area contributed by atoms with E-state index in [-0.39, 0.29) is 23.5 Å². The molecular weight excluding hydrogens is 410 g/mol. The summed E-state index contributed by atoms with van der Waals surface area (Å²) in [4.78, 5) is 39.6. The Bertz CT molecular complexity index is 924. The van der Waals surface area contributed by atoms with Gasteiger partial charge in [0.1, 0.15) is 0 Å². The minimum absolute atomic E-state index is 0.0478. The van der Waals surface area contributed by atoms with E-state index in [9.17, 15) is 14.4 Å². The number of para-hydroxylation sites is 1. The van der Waals surface area contributed by atoms with Gasteiger partial charge in [0, 0.05) is 18.8 Å². The minimum Gasteiger partial charge on any atom is -0.339 e. The first kappa shape index (κ1) is 22.9. The maximum atomic E-state index is 12.9. The summed E-state index contributed by atoms with van der Waals surface area (Å²) >= 11 is 1.26. The number of carbonyl (C=O) groups is 3. The van der Waals surface area contributed by atoms with E-state index in [1.165, 1.54) is 11.8 Å². The first-order valence-electron chi connectivity index (χ1n) is 10.6. The number of thioether (sulfide) groups is 1. The third kappa shape index (κ3) is 6.59. The second-order valence-corrected chi connectivity index (χ2v) is 9.08. The zero-order valence-electron chi connectivity index (χ0n) is 18.0. The molecular formula is C24H29N3O3S. The van der Waals surface area contributed by atoms with E-state index >= 15 is 0 Å². The number of aryl methyl sites for hydroxylation is 1. The minimum atomic E-state index is -0.443. The van der Waals surface area contributed by atoms with Gasteiger partial charge in [-0.25, -0.2) is 0 Å². The van der Waals surface area contributed by atoms with Crippen LogP contribution in [-0.4, -0.2) is 46.7 Å². The zero-order valence-corrected chi connectivity index (χ0v) is 18.8. The quantitative estimate of drug-likeness (QED) is 0.673. The van der Waals surface area contributed by atoms with Crippen LogP contribution in [0.25, 0.3) is 0 Å². The fourth-order valence-corrected chi connectivity index (χ4v) is 4.07. The van der Waals surface area contributed by atoms with Gasteiger partial charge in [0.05, 0.1) is 22.3 Å². The maximum Gasteiger partial charge on any atom is 0.255 e. The predicted molar refractivity (Wildman–Crippen MR) is 127 cm³/mol. The first-order chi connectivity index (χ1) is 14.9. The Labute approximate surface area is 187 Å². The molecule has 1 aliphatic rings. The largest absolute Gasteiger partial charge is 0.339 e. The van der Waals surface area contributed by atoms with Gasteiger partial charge in [-0.3, -0.25) is 14.4 Å². The van der Waals surface area contributed by atoms with E-state index in [1.54, 1.807) is 31.2 Å². The standard InChI is InChI=1S/C24H29N3O3S/c1-17-10-12-19(13-11-17)25-22(28)16-31-18(2)23(29)26-21-9-5-4-8-20(21)24(30)27-14-6-3-7-15-27/h4-5,8-13,18H,3,6-7,14-16H2,1-2H3,(H,25,28)(H,26,29). The molecule has 6 nitrogen and oxygen atoms in total. The summed E-state index contributed by atoms with van der Waals surface area (Å²) in [5.41, 5.74) is 2.88. The summed E-state index contributed by atoms with van der Waals surface area (Å²) in [5.74, 6) is -0.272. The fraction of sp³-hybridized carbons (Fsp3) is 0.375. The van der Waals surface area contributed by atoms with Gasteiger partial charge in [-0.1, -0.05) is 29.8 Å². The van der Waals surface area contributed by atoms with E-state index in [0.717, 1.165) is 43.6 Å². The second-order valence-electron chi connectivity index (χ2n) is 7.76. The van der Waals surface area contributed by atoms with Gasteiger partial charge in [0.2, 0.25) is 11.8 Å². The molecule has 1 heterocycles. The molecule has 7 heteroatoms. The lowest BCUT2D eigenvalue weighted by Crippen LogP contribution is -2.36. The summed E-state index contributed by atoms with van der Waals surface area (Å²) in [6, 6.07) is 14.7. The Balaban J connectivity index is 1.54. The van der Waals surface area contributed by atoms with Gasteiger partial charge in [0.15, 0.2) is 0 Å². The molecule has 164 valence electrons. The van der Waals surface area contributed by atoms with Crippen molar-refractivity contribution in [1.82, 2.24) is 4.90 Å². The summed E-state index contributed by atoms with van der Waals surface area (Å²) in [6.45, 7) is 5.25. The molecule has 0 saturated carbocycles. The van der Waals surface area contributed by atoms with Crippen LogP contribution in [0.5, 0.6) is 0 Å². The number of amides is 3. The van der Waals surface area contributed by atoms with Gasteiger partial charge in [0.25, 0.3) is 5.91 Å². The van der Waals surface area contributed by atoms with Crippen LogP contribution in [0.3, 0.4) is 0 Å². The van der Waals surface area contributed by atoms with Crippen molar-refractivity contribution in [2.75, 3.05) is 29.5 Å². The Hall–Kier alpha value is -2.80. The number of benzene rings is 2. The lowest BCUT2D eigenvalue weighted by molar-refractivity contribution is -0.115. The van der Waals surface area contributed by atoms with E-state index in [2.05, 4.69) is 10.6 Å². The average molecular weight is 440 g/mol. The number of hydrogen-bond acceptors (Lipinski definition) is 4. The molecule has 0 spiro atoms. The third-order valence-electron chi connectivity index (χ3n) is 5.23. The molecule has 31 heavy (non-hydrogen) atoms. The molecule has 1 atom stereocenters. The number of likely N-dealkylation sites (tertiary alicyclic amines) is 1. The van der Waals surface area contributed by atoms with Crippen molar-refractivity contribution in [3.05, 3.63) is 59.7 Å². The Morgan fingerprint density at radius 1 is 0.968 bits per heavy atom. The number of carbonyl (C=O) groups excluding carboxylic acids is 3. The van der Waals surface area contributed by atoms with Crippen LogP contribution in [0.4, 0.5) is 11.4 Å². The topological polar surface area (TPSA) is 78.5 Å². The molecule has 1 aliphatic heterocycles.